The molecule has 0 aliphatic carbocycles. The van der Waals surface area contributed by atoms with Gasteiger partial charge in [0.2, 0.25) is 0 Å². The summed E-state index contributed by atoms with van der Waals surface area (Å²) in [5.41, 5.74) is 4.26. The average molecular weight is 421 g/mol. The van der Waals surface area contributed by atoms with Crippen molar-refractivity contribution in [3.05, 3.63) is 60.2 Å². The van der Waals surface area contributed by atoms with Crippen molar-refractivity contribution in [3.8, 4) is 22.6 Å². The lowest BCUT2D eigenvalue weighted by Crippen LogP contribution is -2.33. The largest absolute Gasteiger partial charge is 0.453 e. The highest BCUT2D eigenvalue weighted by molar-refractivity contribution is 5.78. The van der Waals surface area contributed by atoms with Crippen LogP contribution in [0.4, 0.5) is 10.1 Å². The SMILES string of the molecule is CC1CCc2c(ccc(-c3cnn(C4CCNCC4)c3)c2Oc2ccccc2F)N1C. The molecular weight excluding hydrogens is 391 g/mol. The number of nitrogens with zero attached hydrogens (tertiary/aromatic N) is 3. The predicted molar refractivity (Wildman–Crippen MR) is 121 cm³/mol. The van der Waals surface area contributed by atoms with E-state index in [4.69, 9.17) is 4.74 Å². The number of fused-ring (bicyclic) bond motifs is 1. The van der Waals surface area contributed by atoms with Gasteiger partial charge in [-0.3, -0.25) is 4.68 Å². The normalized spacial score (nSPS) is 19.3. The maximum atomic E-state index is 14.5. The molecule has 5 nitrogen and oxygen atoms in total. The van der Waals surface area contributed by atoms with Crippen LogP contribution in [0.15, 0.2) is 48.8 Å². The van der Waals surface area contributed by atoms with Crippen molar-refractivity contribution in [2.45, 2.75) is 44.7 Å². The standard InChI is InChI=1S/C25H29FN4O/c1-17-7-8-21-23(29(17)2)10-9-20(25(21)31-24-6-4-3-5-22(24)26)18-15-28-30(16-18)19-11-13-27-14-12-19/h3-6,9-10,15-17,19,27H,7-8,11-14H2,1-2H3. The van der Waals surface area contributed by atoms with Gasteiger partial charge in [-0.1, -0.05) is 12.1 Å². The van der Waals surface area contributed by atoms with Crippen LogP contribution in [0, 0.1) is 5.82 Å². The third kappa shape index (κ3) is 3.81. The topological polar surface area (TPSA) is 42.3 Å². The summed E-state index contributed by atoms with van der Waals surface area (Å²) in [5.74, 6) is 0.643. The first-order valence-corrected chi connectivity index (χ1v) is 11.2. The van der Waals surface area contributed by atoms with Gasteiger partial charge in [-0.2, -0.15) is 5.10 Å². The Hall–Kier alpha value is -2.86. The van der Waals surface area contributed by atoms with E-state index in [2.05, 4.69) is 52.3 Å². The lowest BCUT2D eigenvalue weighted by atomic mass is 9.92. The van der Waals surface area contributed by atoms with Crippen molar-refractivity contribution in [3.63, 3.8) is 0 Å². The third-order valence-corrected chi connectivity index (χ3v) is 6.73. The second kappa shape index (κ2) is 8.35. The van der Waals surface area contributed by atoms with Crippen LogP contribution in [0.3, 0.4) is 0 Å². The Morgan fingerprint density at radius 3 is 2.71 bits per heavy atom. The summed E-state index contributed by atoms with van der Waals surface area (Å²) < 4.78 is 22.8. The molecule has 162 valence electrons. The molecule has 1 fully saturated rings. The highest BCUT2D eigenvalue weighted by Gasteiger charge is 2.27. The Labute approximate surface area is 182 Å². The van der Waals surface area contributed by atoms with E-state index in [1.54, 1.807) is 18.2 Å². The van der Waals surface area contributed by atoms with Gasteiger partial charge in [0.05, 0.1) is 12.2 Å². The van der Waals surface area contributed by atoms with Gasteiger partial charge in [0.1, 0.15) is 5.75 Å². The van der Waals surface area contributed by atoms with Gasteiger partial charge in [0, 0.05) is 41.7 Å². The van der Waals surface area contributed by atoms with Crippen molar-refractivity contribution in [1.29, 1.82) is 0 Å². The average Bonchev–Trinajstić information content (AvgIpc) is 3.29. The molecule has 3 aromatic rings. The van der Waals surface area contributed by atoms with E-state index >= 15 is 0 Å². The molecular formula is C25H29FN4O. The second-order valence-electron chi connectivity index (χ2n) is 8.66. The van der Waals surface area contributed by atoms with Crippen LogP contribution in [0.1, 0.15) is 37.8 Å². The lowest BCUT2D eigenvalue weighted by molar-refractivity contribution is 0.343. The molecule has 0 saturated carbocycles. The van der Waals surface area contributed by atoms with E-state index in [1.807, 2.05) is 6.20 Å². The number of hydrogen-bond donors (Lipinski definition) is 1. The molecule has 1 atom stereocenters. The van der Waals surface area contributed by atoms with E-state index in [-0.39, 0.29) is 11.6 Å². The number of aromatic nitrogens is 2. The Morgan fingerprint density at radius 2 is 1.90 bits per heavy atom. The molecule has 3 heterocycles. The zero-order chi connectivity index (χ0) is 21.4. The third-order valence-electron chi connectivity index (χ3n) is 6.73. The minimum atomic E-state index is -0.353. The Morgan fingerprint density at radius 1 is 1.10 bits per heavy atom. The van der Waals surface area contributed by atoms with Crippen LogP contribution in [0.2, 0.25) is 0 Å². The van der Waals surface area contributed by atoms with E-state index < -0.39 is 0 Å². The molecule has 2 aliphatic rings. The van der Waals surface area contributed by atoms with Crippen LogP contribution in [-0.4, -0.2) is 36.0 Å². The van der Waals surface area contributed by atoms with Crippen molar-refractivity contribution in [2.24, 2.45) is 0 Å². The number of anilines is 1. The summed E-state index contributed by atoms with van der Waals surface area (Å²) in [4.78, 5) is 2.29. The van der Waals surface area contributed by atoms with Crippen LogP contribution in [-0.2, 0) is 6.42 Å². The zero-order valence-corrected chi connectivity index (χ0v) is 18.1. The summed E-state index contributed by atoms with van der Waals surface area (Å²) in [6.07, 6.45) is 8.11. The molecule has 0 radical (unpaired) electrons. The van der Waals surface area contributed by atoms with Gasteiger partial charge in [-0.15, -0.1) is 0 Å². The van der Waals surface area contributed by atoms with Gasteiger partial charge >= 0.3 is 0 Å². The minimum Gasteiger partial charge on any atom is -0.453 e. The Balaban J connectivity index is 1.58. The zero-order valence-electron chi connectivity index (χ0n) is 18.1. The number of benzene rings is 2. The van der Waals surface area contributed by atoms with E-state index in [9.17, 15) is 4.39 Å². The van der Waals surface area contributed by atoms with E-state index in [1.165, 1.54) is 6.07 Å². The fourth-order valence-electron chi connectivity index (χ4n) is 4.70. The summed E-state index contributed by atoms with van der Waals surface area (Å²) in [5, 5.41) is 8.08. The Bertz CT molecular complexity index is 1070. The fourth-order valence-corrected chi connectivity index (χ4v) is 4.70. The smallest absolute Gasteiger partial charge is 0.165 e. The number of halogens is 1. The summed E-state index contributed by atoms with van der Waals surface area (Å²) >= 11 is 0. The summed E-state index contributed by atoms with van der Waals surface area (Å²) in [6, 6.07) is 11.7. The van der Waals surface area contributed by atoms with Gasteiger partial charge in [0.25, 0.3) is 0 Å². The number of ether oxygens (including phenoxy) is 1. The number of rotatable bonds is 4. The first-order chi connectivity index (χ1) is 15.1. The lowest BCUT2D eigenvalue weighted by Gasteiger charge is -2.35. The maximum absolute atomic E-state index is 14.5. The number of nitrogens with one attached hydrogen (secondary N) is 1. The van der Waals surface area contributed by atoms with Crippen molar-refractivity contribution < 1.29 is 9.13 Å². The maximum Gasteiger partial charge on any atom is 0.165 e. The second-order valence-corrected chi connectivity index (χ2v) is 8.66. The van der Waals surface area contributed by atoms with Gasteiger partial charge in [-0.05, 0) is 70.0 Å². The van der Waals surface area contributed by atoms with Gasteiger partial charge in [0.15, 0.2) is 11.6 Å². The van der Waals surface area contributed by atoms with Crippen LogP contribution in [0.25, 0.3) is 11.1 Å². The number of para-hydroxylation sites is 1. The van der Waals surface area contributed by atoms with Crippen LogP contribution >= 0.6 is 0 Å². The molecule has 2 aromatic carbocycles. The van der Waals surface area contributed by atoms with Gasteiger partial charge in [-0.25, -0.2) is 4.39 Å². The molecule has 6 heteroatoms. The summed E-state index contributed by atoms with van der Waals surface area (Å²) in [6.45, 7) is 4.27. The number of hydrogen-bond acceptors (Lipinski definition) is 4. The van der Waals surface area contributed by atoms with E-state index in [0.717, 1.165) is 66.9 Å². The van der Waals surface area contributed by atoms with Crippen LogP contribution < -0.4 is 15.0 Å². The first kappa shape index (κ1) is 20.1. The highest BCUT2D eigenvalue weighted by Crippen LogP contribution is 2.44. The van der Waals surface area contributed by atoms with Crippen molar-refractivity contribution in [2.75, 3.05) is 25.0 Å². The summed E-state index contributed by atoms with van der Waals surface area (Å²) in [7, 11) is 2.12. The highest BCUT2D eigenvalue weighted by atomic mass is 19.1. The molecule has 31 heavy (non-hydrogen) atoms. The molecule has 0 amide bonds. The van der Waals surface area contributed by atoms with Crippen LogP contribution in [0.5, 0.6) is 11.5 Å². The van der Waals surface area contributed by atoms with E-state index in [0.29, 0.717) is 12.1 Å². The predicted octanol–water partition coefficient (Wildman–Crippen LogP) is 5.18. The van der Waals surface area contributed by atoms with Crippen molar-refractivity contribution in [1.82, 2.24) is 15.1 Å². The molecule has 1 saturated heterocycles. The van der Waals surface area contributed by atoms with Gasteiger partial charge < -0.3 is 15.0 Å². The minimum absolute atomic E-state index is 0.254. The Kier molecular flexibility index (Phi) is 5.40. The molecule has 1 N–H and O–H groups in total. The molecule has 5 rings (SSSR count). The fraction of sp³-hybridized carbons (Fsp3) is 0.400. The van der Waals surface area contributed by atoms with Crippen molar-refractivity contribution >= 4 is 5.69 Å². The molecule has 1 unspecified atom stereocenters. The molecule has 0 spiro atoms. The molecule has 0 bridgehead atoms. The first-order valence-electron chi connectivity index (χ1n) is 11.2. The quantitative estimate of drug-likeness (QED) is 0.632. The number of piperidine rings is 1. The monoisotopic (exact) mass is 420 g/mol. The molecule has 2 aliphatic heterocycles. The molecule has 1 aromatic heterocycles.